The average Bonchev–Trinajstić information content (AvgIpc) is 2.41. The van der Waals surface area contributed by atoms with Gasteiger partial charge >= 0.3 is 0 Å². The van der Waals surface area contributed by atoms with E-state index in [0.29, 0.717) is 24.7 Å². The molecule has 1 saturated heterocycles. The van der Waals surface area contributed by atoms with Crippen LogP contribution in [0.25, 0.3) is 0 Å². The second kappa shape index (κ2) is 7.36. The van der Waals surface area contributed by atoms with Crippen LogP contribution in [0.4, 0.5) is 4.39 Å². The van der Waals surface area contributed by atoms with Gasteiger partial charge in [0.05, 0.1) is 5.75 Å². The van der Waals surface area contributed by atoms with Crippen LogP contribution in [-0.2, 0) is 15.8 Å². The van der Waals surface area contributed by atoms with Crippen LogP contribution in [0.5, 0.6) is 0 Å². The average molecular weight is 323 g/mol. The summed E-state index contributed by atoms with van der Waals surface area (Å²) >= 11 is 0. The maximum Gasteiger partial charge on any atom is 0.218 e. The molecule has 1 N–H and O–H groups in total. The third-order valence-corrected chi connectivity index (χ3v) is 5.37. The van der Waals surface area contributed by atoms with Crippen molar-refractivity contribution >= 4 is 22.4 Å². The number of benzene rings is 1. The second-order valence-corrected chi connectivity index (χ2v) is 6.81. The molecule has 0 spiro atoms. The molecule has 0 aromatic heterocycles. The second-order valence-electron chi connectivity index (χ2n) is 4.84. The lowest BCUT2D eigenvalue weighted by molar-refractivity contribution is 0.298. The lowest BCUT2D eigenvalue weighted by Gasteiger charge is -2.31. The number of hydrogen-bond donors (Lipinski definition) is 1. The van der Waals surface area contributed by atoms with E-state index < -0.39 is 10.0 Å². The molecule has 1 aliphatic rings. The van der Waals surface area contributed by atoms with Crippen LogP contribution in [-0.4, -0.2) is 38.9 Å². The monoisotopic (exact) mass is 322 g/mol. The zero-order valence-electron chi connectivity index (χ0n) is 11.4. The molecule has 0 bridgehead atoms. The lowest BCUT2D eigenvalue weighted by atomic mass is 10.1. The van der Waals surface area contributed by atoms with E-state index in [-0.39, 0.29) is 24.0 Å². The van der Waals surface area contributed by atoms with Gasteiger partial charge in [-0.25, -0.2) is 17.1 Å². The zero-order valence-corrected chi connectivity index (χ0v) is 13.0. The molecule has 0 aliphatic carbocycles. The van der Waals surface area contributed by atoms with Gasteiger partial charge in [0.1, 0.15) is 5.82 Å². The first-order valence-electron chi connectivity index (χ1n) is 6.41. The Morgan fingerprint density at radius 2 is 1.80 bits per heavy atom. The predicted octanol–water partition coefficient (Wildman–Crippen LogP) is 1.76. The van der Waals surface area contributed by atoms with E-state index in [1.165, 1.54) is 28.6 Å². The summed E-state index contributed by atoms with van der Waals surface area (Å²) in [5.74, 6) is -0.409. The number of hydrogen-bond acceptors (Lipinski definition) is 3. The summed E-state index contributed by atoms with van der Waals surface area (Å²) < 4.78 is 38.8. The first-order valence-corrected chi connectivity index (χ1v) is 8.02. The summed E-state index contributed by atoms with van der Waals surface area (Å²) in [6, 6.07) is 6.02. The van der Waals surface area contributed by atoms with Crippen molar-refractivity contribution in [3.63, 3.8) is 0 Å². The molecule has 0 radical (unpaired) electrons. The van der Waals surface area contributed by atoms with Gasteiger partial charge in [-0.1, -0.05) is 12.1 Å². The molecular formula is C13H20ClFN2O2S. The van der Waals surface area contributed by atoms with E-state index in [9.17, 15) is 12.8 Å². The first kappa shape index (κ1) is 17.4. The van der Waals surface area contributed by atoms with Gasteiger partial charge in [0, 0.05) is 19.1 Å². The Balaban J connectivity index is 0.00000200. The molecule has 0 atom stereocenters. The molecule has 4 nitrogen and oxygen atoms in total. The molecule has 7 heteroatoms. The molecule has 1 aliphatic heterocycles. The van der Waals surface area contributed by atoms with Crippen molar-refractivity contribution in [1.82, 2.24) is 9.62 Å². The third-order valence-electron chi connectivity index (χ3n) is 3.52. The number of halogens is 2. The third kappa shape index (κ3) is 4.41. The fourth-order valence-electron chi connectivity index (χ4n) is 2.31. The van der Waals surface area contributed by atoms with E-state index in [0.717, 1.165) is 12.8 Å². The summed E-state index contributed by atoms with van der Waals surface area (Å²) in [5.41, 5.74) is 0.622. The highest BCUT2D eigenvalue weighted by molar-refractivity contribution is 7.88. The minimum atomic E-state index is -3.30. The van der Waals surface area contributed by atoms with Crippen LogP contribution in [0.1, 0.15) is 18.4 Å². The molecule has 1 fully saturated rings. The van der Waals surface area contributed by atoms with Crippen molar-refractivity contribution in [3.8, 4) is 0 Å². The van der Waals surface area contributed by atoms with Crippen LogP contribution < -0.4 is 5.32 Å². The van der Waals surface area contributed by atoms with E-state index in [1.807, 2.05) is 7.05 Å². The van der Waals surface area contributed by atoms with E-state index in [1.54, 1.807) is 0 Å². The van der Waals surface area contributed by atoms with Gasteiger partial charge in [0.2, 0.25) is 10.0 Å². The van der Waals surface area contributed by atoms with Gasteiger partial charge in [-0.05, 0) is 37.6 Å². The number of piperidine rings is 1. The molecule has 20 heavy (non-hydrogen) atoms. The maximum atomic E-state index is 12.8. The molecule has 0 unspecified atom stereocenters. The Morgan fingerprint density at radius 3 is 2.30 bits per heavy atom. The molecule has 0 amide bonds. The number of nitrogens with zero attached hydrogens (tertiary/aromatic N) is 1. The van der Waals surface area contributed by atoms with Crippen LogP contribution in [0.15, 0.2) is 24.3 Å². The van der Waals surface area contributed by atoms with Gasteiger partial charge in [0.15, 0.2) is 0 Å². The van der Waals surface area contributed by atoms with Crippen molar-refractivity contribution in [2.24, 2.45) is 0 Å². The van der Waals surface area contributed by atoms with Gasteiger partial charge in [-0.3, -0.25) is 0 Å². The summed E-state index contributed by atoms with van der Waals surface area (Å²) in [6.45, 7) is 1.10. The first-order chi connectivity index (χ1) is 9.01. The molecule has 114 valence electrons. The normalized spacial score (nSPS) is 17.7. The summed E-state index contributed by atoms with van der Waals surface area (Å²) in [4.78, 5) is 0. The van der Waals surface area contributed by atoms with Crippen LogP contribution in [0.3, 0.4) is 0 Å². The highest BCUT2D eigenvalue weighted by atomic mass is 35.5. The lowest BCUT2D eigenvalue weighted by Crippen LogP contribution is -2.44. The van der Waals surface area contributed by atoms with Crippen LogP contribution in [0.2, 0.25) is 0 Å². The highest BCUT2D eigenvalue weighted by Gasteiger charge is 2.27. The van der Waals surface area contributed by atoms with Gasteiger partial charge in [0.25, 0.3) is 0 Å². The molecule has 0 saturated carbocycles. The molecule has 1 heterocycles. The van der Waals surface area contributed by atoms with Crippen molar-refractivity contribution in [1.29, 1.82) is 0 Å². The minimum absolute atomic E-state index is 0. The zero-order chi connectivity index (χ0) is 13.9. The van der Waals surface area contributed by atoms with Crippen molar-refractivity contribution < 1.29 is 12.8 Å². The van der Waals surface area contributed by atoms with E-state index >= 15 is 0 Å². The molecule has 1 aromatic carbocycles. The standard InChI is InChI=1S/C13H19FN2O2S.ClH/c1-15-13-6-8-16(9-7-13)19(17,18)10-11-2-4-12(14)5-3-11;/h2-5,13,15H,6-10H2,1H3;1H. The molecular weight excluding hydrogens is 303 g/mol. The highest BCUT2D eigenvalue weighted by Crippen LogP contribution is 2.17. The summed E-state index contributed by atoms with van der Waals surface area (Å²) in [6.07, 6.45) is 1.66. The smallest absolute Gasteiger partial charge is 0.218 e. The topological polar surface area (TPSA) is 49.4 Å². The fourth-order valence-corrected chi connectivity index (χ4v) is 3.87. The Kier molecular flexibility index (Phi) is 6.39. The van der Waals surface area contributed by atoms with Crippen molar-refractivity contribution in [2.75, 3.05) is 20.1 Å². The van der Waals surface area contributed by atoms with Gasteiger partial charge < -0.3 is 5.32 Å². The van der Waals surface area contributed by atoms with E-state index in [4.69, 9.17) is 0 Å². The van der Waals surface area contributed by atoms with Gasteiger partial charge in [-0.2, -0.15) is 0 Å². The Morgan fingerprint density at radius 1 is 1.25 bits per heavy atom. The Hall–Kier alpha value is -0.690. The quantitative estimate of drug-likeness (QED) is 0.919. The number of sulfonamides is 1. The SMILES string of the molecule is CNC1CCN(S(=O)(=O)Cc2ccc(F)cc2)CC1.Cl. The molecule has 2 rings (SSSR count). The van der Waals surface area contributed by atoms with Gasteiger partial charge in [-0.15, -0.1) is 12.4 Å². The van der Waals surface area contributed by atoms with Crippen molar-refractivity contribution in [2.45, 2.75) is 24.6 Å². The van der Waals surface area contributed by atoms with Crippen LogP contribution >= 0.6 is 12.4 Å². The Bertz CT molecular complexity index is 514. The van der Waals surface area contributed by atoms with Crippen molar-refractivity contribution in [3.05, 3.63) is 35.6 Å². The number of rotatable bonds is 4. The number of nitrogens with one attached hydrogen (secondary N) is 1. The van der Waals surface area contributed by atoms with Crippen LogP contribution in [0, 0.1) is 5.82 Å². The maximum absolute atomic E-state index is 12.8. The minimum Gasteiger partial charge on any atom is -0.317 e. The Labute approximate surface area is 125 Å². The molecule has 1 aromatic rings. The predicted molar refractivity (Wildman–Crippen MR) is 79.9 cm³/mol. The summed E-state index contributed by atoms with van der Waals surface area (Å²) in [5, 5.41) is 3.17. The fraction of sp³-hybridized carbons (Fsp3) is 0.538. The largest absolute Gasteiger partial charge is 0.317 e. The summed E-state index contributed by atoms with van der Waals surface area (Å²) in [7, 11) is -1.40. The van der Waals surface area contributed by atoms with E-state index in [2.05, 4.69) is 5.32 Å².